The third-order valence-electron chi connectivity index (χ3n) is 2.96. The van der Waals surface area contributed by atoms with Crippen molar-refractivity contribution in [3.63, 3.8) is 0 Å². The molecule has 0 saturated carbocycles. The van der Waals surface area contributed by atoms with Gasteiger partial charge in [-0.25, -0.2) is 9.78 Å². The Morgan fingerprint density at radius 3 is 2.60 bits per heavy atom. The van der Waals surface area contributed by atoms with Crippen LogP contribution in [0.5, 0.6) is 0 Å². The molecule has 0 saturated heterocycles. The van der Waals surface area contributed by atoms with E-state index in [0.717, 1.165) is 5.56 Å². The summed E-state index contributed by atoms with van der Waals surface area (Å²) in [6.07, 6.45) is 0. The van der Waals surface area contributed by atoms with Crippen molar-refractivity contribution in [2.75, 3.05) is 6.61 Å². The molecule has 0 N–H and O–H groups in total. The van der Waals surface area contributed by atoms with Crippen LogP contribution in [-0.2, 0) is 4.74 Å². The van der Waals surface area contributed by atoms with Gasteiger partial charge in [-0.2, -0.15) is 0 Å². The van der Waals surface area contributed by atoms with Gasteiger partial charge in [0.2, 0.25) is 5.28 Å². The molecule has 1 aromatic heterocycles. The van der Waals surface area contributed by atoms with E-state index >= 15 is 0 Å². The van der Waals surface area contributed by atoms with E-state index in [1.807, 2.05) is 37.3 Å². The van der Waals surface area contributed by atoms with Gasteiger partial charge in [0.15, 0.2) is 10.8 Å². The van der Waals surface area contributed by atoms with Gasteiger partial charge in [-0.3, -0.25) is 0 Å². The number of aromatic nitrogens is 2. The van der Waals surface area contributed by atoms with Crippen molar-refractivity contribution >= 4 is 29.2 Å². The van der Waals surface area contributed by atoms with Gasteiger partial charge in [0.05, 0.1) is 12.6 Å². The van der Waals surface area contributed by atoms with Crippen molar-refractivity contribution in [1.82, 2.24) is 9.55 Å². The molecule has 6 heteroatoms. The number of carbonyl (C=O) groups is 1. The predicted molar refractivity (Wildman–Crippen MR) is 78.5 cm³/mol. The highest BCUT2D eigenvalue weighted by Gasteiger charge is 2.26. The number of hydrogen-bond acceptors (Lipinski definition) is 3. The van der Waals surface area contributed by atoms with E-state index in [1.165, 1.54) is 0 Å². The summed E-state index contributed by atoms with van der Waals surface area (Å²) >= 11 is 12.1. The highest BCUT2D eigenvalue weighted by atomic mass is 35.5. The van der Waals surface area contributed by atoms with Crippen molar-refractivity contribution in [2.45, 2.75) is 19.9 Å². The molecule has 0 aliphatic heterocycles. The molecule has 0 amide bonds. The molecule has 1 heterocycles. The zero-order valence-corrected chi connectivity index (χ0v) is 12.6. The van der Waals surface area contributed by atoms with Crippen LogP contribution in [0.4, 0.5) is 0 Å². The van der Waals surface area contributed by atoms with Gasteiger partial charge in [0, 0.05) is 0 Å². The Morgan fingerprint density at radius 1 is 1.35 bits per heavy atom. The first kappa shape index (κ1) is 14.9. The molecule has 20 heavy (non-hydrogen) atoms. The normalized spacial score (nSPS) is 12.2. The minimum atomic E-state index is -0.528. The largest absolute Gasteiger partial charge is 0.461 e. The van der Waals surface area contributed by atoms with E-state index in [0.29, 0.717) is 0 Å². The van der Waals surface area contributed by atoms with Crippen LogP contribution in [0.3, 0.4) is 0 Å². The first-order valence-electron chi connectivity index (χ1n) is 6.21. The smallest absolute Gasteiger partial charge is 0.358 e. The maximum Gasteiger partial charge on any atom is 0.358 e. The van der Waals surface area contributed by atoms with Crippen molar-refractivity contribution in [3.05, 3.63) is 52.0 Å². The molecule has 0 aliphatic rings. The summed E-state index contributed by atoms with van der Waals surface area (Å²) in [5.74, 6) is -0.528. The summed E-state index contributed by atoms with van der Waals surface area (Å²) in [6, 6.07) is 9.48. The molecule has 4 nitrogen and oxygen atoms in total. The quantitative estimate of drug-likeness (QED) is 0.802. The number of hydrogen-bond donors (Lipinski definition) is 0. The van der Waals surface area contributed by atoms with Crippen LogP contribution in [0, 0.1) is 0 Å². The monoisotopic (exact) mass is 312 g/mol. The van der Waals surface area contributed by atoms with Crippen LogP contribution >= 0.6 is 23.2 Å². The molecular formula is C14H14Cl2N2O2. The summed E-state index contributed by atoms with van der Waals surface area (Å²) in [7, 11) is 0. The molecular weight excluding hydrogens is 299 g/mol. The Kier molecular flexibility index (Phi) is 4.68. The number of esters is 1. The molecule has 2 rings (SSSR count). The number of carbonyl (C=O) groups excluding carboxylic acids is 1. The fourth-order valence-corrected chi connectivity index (χ4v) is 2.60. The van der Waals surface area contributed by atoms with Crippen LogP contribution in [0.1, 0.15) is 35.9 Å². The maximum atomic E-state index is 12.0. The van der Waals surface area contributed by atoms with Crippen LogP contribution in [0.25, 0.3) is 0 Å². The Hall–Kier alpha value is -1.52. The van der Waals surface area contributed by atoms with E-state index in [1.54, 1.807) is 11.5 Å². The molecule has 1 atom stereocenters. The number of benzene rings is 1. The standard InChI is InChI=1S/C14H14Cl2N2O2/c1-3-20-13(19)11-12(15)17-14(16)18(11)9(2)10-7-5-4-6-8-10/h4-9H,3H2,1-2H3. The SMILES string of the molecule is CCOC(=O)c1c(Cl)nc(Cl)n1C(C)c1ccccc1. The minimum Gasteiger partial charge on any atom is -0.461 e. The van der Waals surface area contributed by atoms with Crippen molar-refractivity contribution in [1.29, 1.82) is 0 Å². The van der Waals surface area contributed by atoms with Gasteiger partial charge in [0.25, 0.3) is 0 Å². The molecule has 2 aromatic rings. The molecule has 0 bridgehead atoms. The van der Waals surface area contributed by atoms with Crippen molar-refractivity contribution in [3.8, 4) is 0 Å². The number of halogens is 2. The molecule has 1 aromatic carbocycles. The zero-order valence-electron chi connectivity index (χ0n) is 11.1. The predicted octanol–water partition coefficient (Wildman–Crippen LogP) is 3.98. The van der Waals surface area contributed by atoms with Gasteiger partial charge in [0.1, 0.15) is 0 Å². The molecule has 106 valence electrons. The lowest BCUT2D eigenvalue weighted by Gasteiger charge is -2.17. The van der Waals surface area contributed by atoms with E-state index < -0.39 is 5.97 Å². The Bertz CT molecular complexity index is 611. The van der Waals surface area contributed by atoms with Crippen molar-refractivity contribution in [2.24, 2.45) is 0 Å². The maximum absolute atomic E-state index is 12.0. The lowest BCUT2D eigenvalue weighted by Crippen LogP contribution is -2.16. The van der Waals surface area contributed by atoms with Crippen LogP contribution in [-0.4, -0.2) is 22.1 Å². The van der Waals surface area contributed by atoms with E-state index in [-0.39, 0.29) is 28.8 Å². The summed E-state index contributed by atoms with van der Waals surface area (Å²) < 4.78 is 6.59. The molecule has 0 spiro atoms. The first-order chi connectivity index (χ1) is 9.56. The van der Waals surface area contributed by atoms with E-state index in [9.17, 15) is 4.79 Å². The third-order valence-corrected chi connectivity index (χ3v) is 3.49. The average Bonchev–Trinajstić information content (AvgIpc) is 2.74. The highest BCUT2D eigenvalue weighted by molar-refractivity contribution is 6.34. The van der Waals surface area contributed by atoms with Gasteiger partial charge in [-0.15, -0.1) is 0 Å². The summed E-state index contributed by atoms with van der Waals surface area (Å²) in [5, 5.41) is 0.214. The second-order valence-corrected chi connectivity index (χ2v) is 4.89. The van der Waals surface area contributed by atoms with Gasteiger partial charge < -0.3 is 9.30 Å². The average molecular weight is 313 g/mol. The fourth-order valence-electron chi connectivity index (χ4n) is 2.00. The van der Waals surface area contributed by atoms with Crippen LogP contribution < -0.4 is 0 Å². The van der Waals surface area contributed by atoms with Gasteiger partial charge in [-0.05, 0) is 31.0 Å². The molecule has 0 aliphatic carbocycles. The number of nitrogens with zero attached hydrogens (tertiary/aromatic N) is 2. The Balaban J connectivity index is 2.48. The number of rotatable bonds is 4. The molecule has 0 fully saturated rings. The van der Waals surface area contributed by atoms with Crippen molar-refractivity contribution < 1.29 is 9.53 Å². The van der Waals surface area contributed by atoms with Gasteiger partial charge >= 0.3 is 5.97 Å². The Labute approximate surface area is 127 Å². The molecule has 0 radical (unpaired) electrons. The Morgan fingerprint density at radius 2 is 2.00 bits per heavy atom. The van der Waals surface area contributed by atoms with Crippen LogP contribution in [0.2, 0.25) is 10.4 Å². The summed E-state index contributed by atoms with van der Waals surface area (Å²) in [6.45, 7) is 3.91. The lowest BCUT2D eigenvalue weighted by molar-refractivity contribution is 0.0513. The van der Waals surface area contributed by atoms with Gasteiger partial charge in [-0.1, -0.05) is 41.9 Å². The fraction of sp³-hybridized carbons (Fsp3) is 0.286. The van der Waals surface area contributed by atoms with E-state index in [4.69, 9.17) is 27.9 Å². The topological polar surface area (TPSA) is 44.1 Å². The molecule has 1 unspecified atom stereocenters. The minimum absolute atomic E-state index is 0.0521. The second-order valence-electron chi connectivity index (χ2n) is 4.20. The second kappa shape index (κ2) is 6.29. The van der Waals surface area contributed by atoms with Crippen LogP contribution in [0.15, 0.2) is 30.3 Å². The number of ether oxygens (including phenoxy) is 1. The lowest BCUT2D eigenvalue weighted by atomic mass is 10.1. The summed E-state index contributed by atoms with van der Waals surface area (Å²) in [5.41, 5.74) is 1.17. The first-order valence-corrected chi connectivity index (χ1v) is 6.97. The summed E-state index contributed by atoms with van der Waals surface area (Å²) in [4.78, 5) is 16.0. The zero-order chi connectivity index (χ0) is 14.7. The van der Waals surface area contributed by atoms with E-state index in [2.05, 4.69) is 4.98 Å². The number of imidazole rings is 1. The third kappa shape index (κ3) is 2.81. The highest BCUT2D eigenvalue weighted by Crippen LogP contribution is 2.29.